The largest absolute Gasteiger partial charge is 0.482 e. The molecule has 0 fully saturated rings. The predicted molar refractivity (Wildman–Crippen MR) is 73.9 cm³/mol. The van der Waals surface area contributed by atoms with Crippen LogP contribution in [0.5, 0.6) is 5.75 Å². The molecule has 0 N–H and O–H groups in total. The van der Waals surface area contributed by atoms with E-state index in [4.69, 9.17) is 4.74 Å². The van der Waals surface area contributed by atoms with Gasteiger partial charge in [0.1, 0.15) is 12.4 Å². The first-order valence-corrected chi connectivity index (χ1v) is 6.82. The summed E-state index contributed by atoms with van der Waals surface area (Å²) in [5.74, 6) is 0.252. The minimum Gasteiger partial charge on any atom is -0.482 e. The van der Waals surface area contributed by atoms with Crippen LogP contribution in [0.2, 0.25) is 0 Å². The Bertz CT molecular complexity index is 507. The molecule has 0 saturated heterocycles. The van der Waals surface area contributed by atoms with Crippen molar-refractivity contribution in [2.24, 2.45) is 0 Å². The van der Waals surface area contributed by atoms with Crippen LogP contribution in [0.3, 0.4) is 0 Å². The van der Waals surface area contributed by atoms with Crippen molar-refractivity contribution >= 4 is 34.2 Å². The summed E-state index contributed by atoms with van der Waals surface area (Å²) in [6.07, 6.45) is -4.36. The molecule has 8 heteroatoms. The topological polar surface area (TPSA) is 38.8 Å². The molecule has 1 aliphatic heterocycles. The van der Waals surface area contributed by atoms with Crippen LogP contribution in [0.15, 0.2) is 18.2 Å². The summed E-state index contributed by atoms with van der Waals surface area (Å²) in [4.78, 5) is 13.1. The molecule has 20 heavy (non-hydrogen) atoms. The standard InChI is InChI=1S/C12H11F3INO3/c13-12(14,15)7-19-4-3-17-9-2-1-8(16)5-10(9)20-6-11(17)18/h1-2,5H,3-4,6-7H2. The molecule has 4 nitrogen and oxygen atoms in total. The maximum atomic E-state index is 12.0. The number of halogens is 4. The molecule has 0 aromatic heterocycles. The molecule has 0 unspecified atom stereocenters. The third-order valence-corrected chi connectivity index (χ3v) is 3.26. The Morgan fingerprint density at radius 2 is 2.15 bits per heavy atom. The van der Waals surface area contributed by atoms with Gasteiger partial charge in [0.25, 0.3) is 5.91 Å². The number of alkyl halides is 3. The van der Waals surface area contributed by atoms with Gasteiger partial charge in [-0.3, -0.25) is 4.79 Å². The molecule has 1 aromatic rings. The molecule has 0 aliphatic carbocycles. The highest BCUT2D eigenvalue weighted by Gasteiger charge is 2.29. The summed E-state index contributed by atoms with van der Waals surface area (Å²) in [5.41, 5.74) is 0.553. The fourth-order valence-electron chi connectivity index (χ4n) is 1.77. The lowest BCUT2D eigenvalue weighted by molar-refractivity contribution is -0.173. The Hall–Kier alpha value is -1.03. The van der Waals surface area contributed by atoms with Crippen LogP contribution < -0.4 is 9.64 Å². The van der Waals surface area contributed by atoms with Gasteiger partial charge in [0.15, 0.2) is 6.61 Å². The number of fused-ring (bicyclic) bond motifs is 1. The van der Waals surface area contributed by atoms with Crippen LogP contribution in [0.1, 0.15) is 0 Å². The van der Waals surface area contributed by atoms with Crippen molar-refractivity contribution in [3.8, 4) is 5.75 Å². The molecular weight excluding hydrogens is 390 g/mol. The van der Waals surface area contributed by atoms with E-state index < -0.39 is 12.8 Å². The molecule has 1 heterocycles. The van der Waals surface area contributed by atoms with Crippen molar-refractivity contribution in [2.75, 3.05) is 31.3 Å². The van der Waals surface area contributed by atoms with Crippen molar-refractivity contribution in [3.05, 3.63) is 21.8 Å². The molecule has 1 aromatic carbocycles. The Morgan fingerprint density at radius 1 is 1.40 bits per heavy atom. The number of hydrogen-bond acceptors (Lipinski definition) is 3. The number of ether oxygens (including phenoxy) is 2. The van der Waals surface area contributed by atoms with Crippen LogP contribution in [-0.4, -0.2) is 38.4 Å². The monoisotopic (exact) mass is 401 g/mol. The maximum Gasteiger partial charge on any atom is 0.411 e. The minimum atomic E-state index is -4.36. The Morgan fingerprint density at radius 3 is 2.85 bits per heavy atom. The van der Waals surface area contributed by atoms with Gasteiger partial charge in [-0.2, -0.15) is 13.2 Å². The minimum absolute atomic E-state index is 0.0614. The average molecular weight is 401 g/mol. The number of rotatable bonds is 4. The molecule has 0 spiro atoms. The first-order chi connectivity index (χ1) is 9.37. The number of hydrogen-bond donors (Lipinski definition) is 0. The number of carbonyl (C=O) groups excluding carboxylic acids is 1. The summed E-state index contributed by atoms with van der Waals surface area (Å²) in [7, 11) is 0. The number of nitrogens with zero attached hydrogens (tertiary/aromatic N) is 1. The van der Waals surface area contributed by atoms with Crippen LogP contribution in [0.25, 0.3) is 0 Å². The number of carbonyl (C=O) groups is 1. The van der Waals surface area contributed by atoms with Crippen molar-refractivity contribution in [3.63, 3.8) is 0 Å². The molecule has 1 amide bonds. The third kappa shape index (κ3) is 3.98. The predicted octanol–water partition coefficient (Wildman–Crippen LogP) is 2.60. The molecule has 0 atom stereocenters. The normalized spacial score (nSPS) is 15.0. The van der Waals surface area contributed by atoms with Gasteiger partial charge < -0.3 is 14.4 Å². The smallest absolute Gasteiger partial charge is 0.411 e. The van der Waals surface area contributed by atoms with E-state index in [1.165, 1.54) is 4.90 Å². The highest BCUT2D eigenvalue weighted by atomic mass is 127. The lowest BCUT2D eigenvalue weighted by Gasteiger charge is -2.29. The van der Waals surface area contributed by atoms with E-state index in [0.29, 0.717) is 11.4 Å². The summed E-state index contributed by atoms with van der Waals surface area (Å²) in [6, 6.07) is 5.27. The zero-order valence-corrected chi connectivity index (χ0v) is 12.4. The quantitative estimate of drug-likeness (QED) is 0.576. The van der Waals surface area contributed by atoms with Crippen molar-refractivity contribution in [1.82, 2.24) is 0 Å². The van der Waals surface area contributed by atoms with Crippen LogP contribution in [0, 0.1) is 3.57 Å². The van der Waals surface area contributed by atoms with E-state index in [9.17, 15) is 18.0 Å². The second-order valence-electron chi connectivity index (χ2n) is 4.11. The first kappa shape index (κ1) is 15.4. The van der Waals surface area contributed by atoms with Gasteiger partial charge in [-0.1, -0.05) is 0 Å². The number of benzene rings is 1. The fraction of sp³-hybridized carbons (Fsp3) is 0.417. The number of amides is 1. The van der Waals surface area contributed by atoms with Crippen molar-refractivity contribution in [1.29, 1.82) is 0 Å². The van der Waals surface area contributed by atoms with Gasteiger partial charge in [0.05, 0.1) is 12.3 Å². The van der Waals surface area contributed by atoms with Gasteiger partial charge >= 0.3 is 6.18 Å². The number of anilines is 1. The van der Waals surface area contributed by atoms with Gasteiger partial charge in [-0.25, -0.2) is 0 Å². The molecule has 0 bridgehead atoms. The van der Waals surface area contributed by atoms with Crippen LogP contribution >= 0.6 is 22.6 Å². The molecular formula is C12H11F3INO3. The van der Waals surface area contributed by atoms with E-state index >= 15 is 0 Å². The summed E-state index contributed by atoms with van der Waals surface area (Å²) in [6.45, 7) is -1.56. The second kappa shape index (κ2) is 6.17. The fourth-order valence-corrected chi connectivity index (χ4v) is 2.23. The molecule has 110 valence electrons. The SMILES string of the molecule is O=C1COc2cc(I)ccc2N1CCOCC(F)(F)F. The Kier molecular flexibility index (Phi) is 4.74. The maximum absolute atomic E-state index is 12.0. The molecule has 0 radical (unpaired) electrons. The van der Waals surface area contributed by atoms with Gasteiger partial charge in [0, 0.05) is 10.1 Å². The van der Waals surface area contributed by atoms with Crippen LogP contribution in [-0.2, 0) is 9.53 Å². The Balaban J connectivity index is 1.99. The van der Waals surface area contributed by atoms with Crippen LogP contribution in [0.4, 0.5) is 18.9 Å². The van der Waals surface area contributed by atoms with E-state index in [1.807, 2.05) is 0 Å². The molecule has 0 saturated carbocycles. The summed E-state index contributed by atoms with van der Waals surface area (Å²) >= 11 is 2.11. The zero-order chi connectivity index (χ0) is 14.8. The average Bonchev–Trinajstić information content (AvgIpc) is 2.35. The van der Waals surface area contributed by atoms with E-state index in [2.05, 4.69) is 27.3 Å². The Labute approximate surface area is 127 Å². The lowest BCUT2D eigenvalue weighted by Crippen LogP contribution is -2.41. The first-order valence-electron chi connectivity index (χ1n) is 5.74. The van der Waals surface area contributed by atoms with Gasteiger partial charge in [-0.15, -0.1) is 0 Å². The van der Waals surface area contributed by atoms with E-state index in [-0.39, 0.29) is 25.7 Å². The van der Waals surface area contributed by atoms with Gasteiger partial charge in [0.2, 0.25) is 0 Å². The van der Waals surface area contributed by atoms with E-state index in [1.54, 1.807) is 18.2 Å². The third-order valence-electron chi connectivity index (χ3n) is 2.59. The summed E-state index contributed by atoms with van der Waals surface area (Å²) < 4.78 is 46.6. The highest BCUT2D eigenvalue weighted by molar-refractivity contribution is 14.1. The van der Waals surface area contributed by atoms with E-state index in [0.717, 1.165) is 3.57 Å². The lowest BCUT2D eigenvalue weighted by atomic mass is 10.2. The molecule has 1 aliphatic rings. The van der Waals surface area contributed by atoms with Crippen molar-refractivity contribution < 1.29 is 27.4 Å². The molecule has 2 rings (SSSR count). The highest BCUT2D eigenvalue weighted by Crippen LogP contribution is 2.33. The van der Waals surface area contributed by atoms with Crippen molar-refractivity contribution in [2.45, 2.75) is 6.18 Å². The zero-order valence-electron chi connectivity index (χ0n) is 10.2. The summed E-state index contributed by atoms with van der Waals surface area (Å²) in [5, 5.41) is 0. The second-order valence-corrected chi connectivity index (χ2v) is 5.36. The van der Waals surface area contributed by atoms with Gasteiger partial charge in [-0.05, 0) is 40.8 Å².